The molecule has 100 valence electrons. The minimum Gasteiger partial charge on any atom is -0.374 e. The number of nitrogens with zero attached hydrogens (tertiary/aromatic N) is 1. The van der Waals surface area contributed by atoms with Gasteiger partial charge in [0.1, 0.15) is 5.78 Å². The second kappa shape index (κ2) is 7.06. The van der Waals surface area contributed by atoms with Gasteiger partial charge in [-0.3, -0.25) is 4.79 Å². The van der Waals surface area contributed by atoms with Crippen molar-refractivity contribution < 1.29 is 9.53 Å². The summed E-state index contributed by atoms with van der Waals surface area (Å²) in [5, 5.41) is 8.53. The molecule has 3 nitrogen and oxygen atoms in total. The summed E-state index contributed by atoms with van der Waals surface area (Å²) < 4.78 is 5.88. The molecule has 1 aromatic carbocycles. The number of carbonyl (C=O) groups is 1. The number of hydrogen-bond acceptors (Lipinski definition) is 3. The largest absolute Gasteiger partial charge is 0.374 e. The van der Waals surface area contributed by atoms with Gasteiger partial charge in [-0.2, -0.15) is 5.26 Å². The zero-order valence-electron chi connectivity index (χ0n) is 11.0. The Balaban J connectivity index is 1.72. The minimum atomic E-state index is 0.0558. The number of hydrogen-bond donors (Lipinski definition) is 0. The lowest BCUT2D eigenvalue weighted by Crippen LogP contribution is -2.26. The van der Waals surface area contributed by atoms with Gasteiger partial charge in [-0.25, -0.2) is 0 Å². The Hall–Kier alpha value is -1.66. The predicted molar refractivity (Wildman–Crippen MR) is 72.2 cm³/mol. The van der Waals surface area contributed by atoms with Crippen molar-refractivity contribution in [3.8, 4) is 6.07 Å². The molecule has 2 rings (SSSR count). The molecule has 0 bridgehead atoms. The highest BCUT2D eigenvalue weighted by atomic mass is 16.5. The number of rotatable bonds is 5. The van der Waals surface area contributed by atoms with Gasteiger partial charge in [0.2, 0.25) is 0 Å². The van der Waals surface area contributed by atoms with Gasteiger partial charge in [0.05, 0.1) is 25.2 Å². The minimum absolute atomic E-state index is 0.0558. The van der Waals surface area contributed by atoms with Crippen LogP contribution >= 0.6 is 0 Å². The van der Waals surface area contributed by atoms with E-state index in [0.717, 1.165) is 25.7 Å². The summed E-state index contributed by atoms with van der Waals surface area (Å²) in [6.45, 7) is 0.641. The van der Waals surface area contributed by atoms with E-state index < -0.39 is 0 Å². The van der Waals surface area contributed by atoms with Crippen LogP contribution in [0.3, 0.4) is 0 Å². The van der Waals surface area contributed by atoms with E-state index in [9.17, 15) is 4.79 Å². The van der Waals surface area contributed by atoms with Crippen molar-refractivity contribution in [1.29, 1.82) is 5.26 Å². The van der Waals surface area contributed by atoms with Gasteiger partial charge in [-0.05, 0) is 31.2 Å². The quantitative estimate of drug-likeness (QED) is 0.813. The second-order valence-corrected chi connectivity index (χ2v) is 5.07. The molecule has 1 aromatic rings. The van der Waals surface area contributed by atoms with E-state index in [-0.39, 0.29) is 24.2 Å². The topological polar surface area (TPSA) is 50.1 Å². The molecule has 3 heteroatoms. The number of carbonyl (C=O) groups excluding carboxylic acids is 1. The predicted octanol–water partition coefficient (Wildman–Crippen LogP) is 3.24. The summed E-state index contributed by atoms with van der Waals surface area (Å²) in [4.78, 5) is 11.6. The molecule has 1 saturated carbocycles. The Bertz CT molecular complexity index is 442. The molecular weight excluding hydrogens is 238 g/mol. The summed E-state index contributed by atoms with van der Waals surface area (Å²) in [6, 6.07) is 12.1. The van der Waals surface area contributed by atoms with Crippen LogP contribution in [0.15, 0.2) is 30.3 Å². The Labute approximate surface area is 114 Å². The molecule has 0 aliphatic heterocycles. The standard InChI is InChI=1S/C16H19NO2/c17-11-10-16(18)14-6-8-15(9-7-14)19-12-13-4-2-1-3-5-13/h1-5,14-15H,6-10,12H2. The molecule has 0 radical (unpaired) electrons. The SMILES string of the molecule is N#CCC(=O)C1CCC(OCc2ccccc2)CC1. The lowest BCUT2D eigenvalue weighted by molar-refractivity contribution is -0.123. The third kappa shape index (κ3) is 4.18. The van der Waals surface area contributed by atoms with Gasteiger partial charge < -0.3 is 4.74 Å². The number of ether oxygens (including phenoxy) is 1. The highest BCUT2D eigenvalue weighted by Crippen LogP contribution is 2.28. The van der Waals surface area contributed by atoms with E-state index in [0.29, 0.717) is 6.61 Å². The van der Waals surface area contributed by atoms with Crippen LogP contribution in [-0.4, -0.2) is 11.9 Å². The second-order valence-electron chi connectivity index (χ2n) is 5.07. The first-order valence-electron chi connectivity index (χ1n) is 6.85. The fourth-order valence-electron chi connectivity index (χ4n) is 2.56. The monoisotopic (exact) mass is 257 g/mol. The first-order valence-corrected chi connectivity index (χ1v) is 6.85. The van der Waals surface area contributed by atoms with Crippen molar-refractivity contribution in [2.75, 3.05) is 0 Å². The molecule has 0 saturated heterocycles. The van der Waals surface area contributed by atoms with Crippen molar-refractivity contribution in [3.63, 3.8) is 0 Å². The highest BCUT2D eigenvalue weighted by molar-refractivity contribution is 5.82. The average Bonchev–Trinajstić information content (AvgIpc) is 2.47. The fraction of sp³-hybridized carbons (Fsp3) is 0.500. The highest BCUT2D eigenvalue weighted by Gasteiger charge is 2.26. The van der Waals surface area contributed by atoms with Crippen molar-refractivity contribution >= 4 is 5.78 Å². The van der Waals surface area contributed by atoms with Crippen LogP contribution in [-0.2, 0) is 16.1 Å². The van der Waals surface area contributed by atoms with E-state index in [1.165, 1.54) is 5.56 Å². The van der Waals surface area contributed by atoms with Gasteiger partial charge in [0, 0.05) is 5.92 Å². The molecule has 0 amide bonds. The Morgan fingerprint density at radius 2 is 1.89 bits per heavy atom. The molecule has 0 atom stereocenters. The molecule has 1 fully saturated rings. The number of Topliss-reactive ketones (excluding diaryl/α,β-unsaturated/α-hetero) is 1. The van der Waals surface area contributed by atoms with E-state index in [4.69, 9.17) is 10.00 Å². The molecule has 19 heavy (non-hydrogen) atoms. The van der Waals surface area contributed by atoms with Crippen LogP contribution in [0.4, 0.5) is 0 Å². The lowest BCUT2D eigenvalue weighted by Gasteiger charge is -2.27. The van der Waals surface area contributed by atoms with Crippen LogP contribution < -0.4 is 0 Å². The third-order valence-corrected chi connectivity index (χ3v) is 3.71. The molecule has 0 unspecified atom stereocenters. The molecule has 1 aliphatic carbocycles. The smallest absolute Gasteiger partial charge is 0.149 e. The van der Waals surface area contributed by atoms with Crippen molar-refractivity contribution in [2.45, 2.75) is 44.8 Å². The number of benzene rings is 1. The summed E-state index contributed by atoms with van der Waals surface area (Å²) in [6.07, 6.45) is 3.88. The van der Waals surface area contributed by atoms with Crippen LogP contribution in [0.5, 0.6) is 0 Å². The zero-order valence-corrected chi connectivity index (χ0v) is 11.0. The van der Waals surface area contributed by atoms with Gasteiger partial charge in [0.25, 0.3) is 0 Å². The van der Waals surface area contributed by atoms with Gasteiger partial charge >= 0.3 is 0 Å². The summed E-state index contributed by atoms with van der Waals surface area (Å²) >= 11 is 0. The molecule has 0 N–H and O–H groups in total. The first-order chi connectivity index (χ1) is 9.29. The molecule has 0 aromatic heterocycles. The summed E-state index contributed by atoms with van der Waals surface area (Å²) in [7, 11) is 0. The average molecular weight is 257 g/mol. The zero-order chi connectivity index (χ0) is 13.5. The van der Waals surface area contributed by atoms with Crippen molar-refractivity contribution in [2.24, 2.45) is 5.92 Å². The maximum absolute atomic E-state index is 11.6. The Morgan fingerprint density at radius 3 is 2.53 bits per heavy atom. The fourth-order valence-corrected chi connectivity index (χ4v) is 2.56. The van der Waals surface area contributed by atoms with E-state index in [2.05, 4.69) is 12.1 Å². The van der Waals surface area contributed by atoms with Gasteiger partial charge in [-0.1, -0.05) is 30.3 Å². The van der Waals surface area contributed by atoms with Crippen LogP contribution in [0.1, 0.15) is 37.7 Å². The van der Waals surface area contributed by atoms with Crippen LogP contribution in [0.25, 0.3) is 0 Å². The summed E-state index contributed by atoms with van der Waals surface area (Å²) in [5.41, 5.74) is 1.19. The van der Waals surface area contributed by atoms with E-state index in [1.54, 1.807) is 0 Å². The third-order valence-electron chi connectivity index (χ3n) is 3.71. The number of ketones is 1. The molecule has 0 heterocycles. The number of nitriles is 1. The maximum atomic E-state index is 11.6. The van der Waals surface area contributed by atoms with Crippen molar-refractivity contribution in [3.05, 3.63) is 35.9 Å². The van der Waals surface area contributed by atoms with Gasteiger partial charge in [0.15, 0.2) is 0 Å². The molecular formula is C16H19NO2. The Morgan fingerprint density at radius 1 is 1.21 bits per heavy atom. The maximum Gasteiger partial charge on any atom is 0.149 e. The van der Waals surface area contributed by atoms with Crippen LogP contribution in [0.2, 0.25) is 0 Å². The normalized spacial score (nSPS) is 22.7. The van der Waals surface area contributed by atoms with Crippen molar-refractivity contribution in [1.82, 2.24) is 0 Å². The Kier molecular flexibility index (Phi) is 5.11. The first kappa shape index (κ1) is 13.8. The summed E-state index contributed by atoms with van der Waals surface area (Å²) in [5.74, 6) is 0.181. The lowest BCUT2D eigenvalue weighted by atomic mass is 9.84. The molecule has 0 spiro atoms. The van der Waals surface area contributed by atoms with Crippen LogP contribution in [0, 0.1) is 17.2 Å². The van der Waals surface area contributed by atoms with Gasteiger partial charge in [-0.15, -0.1) is 0 Å². The van der Waals surface area contributed by atoms with E-state index >= 15 is 0 Å². The molecule has 1 aliphatic rings. The van der Waals surface area contributed by atoms with E-state index in [1.807, 2.05) is 24.3 Å².